The molecule has 98 valence electrons. The van der Waals surface area contributed by atoms with Gasteiger partial charge in [0.2, 0.25) is 0 Å². The Morgan fingerprint density at radius 3 is 2.76 bits per heavy atom. The van der Waals surface area contributed by atoms with Crippen LogP contribution in [0.25, 0.3) is 0 Å². The summed E-state index contributed by atoms with van der Waals surface area (Å²) in [5.41, 5.74) is 5.01. The summed E-state index contributed by atoms with van der Waals surface area (Å²) >= 11 is 0. The summed E-state index contributed by atoms with van der Waals surface area (Å²) in [6.45, 7) is 6.54. The van der Waals surface area contributed by atoms with Crippen LogP contribution in [-0.4, -0.2) is 46.9 Å². The highest BCUT2D eigenvalue weighted by Crippen LogP contribution is 2.48. The van der Waals surface area contributed by atoms with E-state index in [1.807, 2.05) is 20.8 Å². The van der Waals surface area contributed by atoms with Gasteiger partial charge in [-0.15, -0.1) is 0 Å². The maximum absolute atomic E-state index is 11.9. The largest absolute Gasteiger partial charge is 0.444 e. The Balaban J connectivity index is 1.96. The molecule has 0 aromatic rings. The zero-order chi connectivity index (χ0) is 12.8. The molecular weight excluding hydrogens is 220 g/mol. The molecule has 1 saturated carbocycles. The quantitative estimate of drug-likeness (QED) is 0.742. The van der Waals surface area contributed by atoms with Gasteiger partial charge in [-0.3, -0.25) is 0 Å². The minimum absolute atomic E-state index is 0.119. The van der Waals surface area contributed by atoms with E-state index < -0.39 is 11.7 Å². The van der Waals surface area contributed by atoms with Gasteiger partial charge in [-0.2, -0.15) is 0 Å². The van der Waals surface area contributed by atoms with Gasteiger partial charge < -0.3 is 20.5 Å². The van der Waals surface area contributed by atoms with E-state index in [2.05, 4.69) is 0 Å². The molecule has 0 aromatic heterocycles. The molecule has 3 rings (SSSR count). The second-order valence-electron chi connectivity index (χ2n) is 6.08. The van der Waals surface area contributed by atoms with Gasteiger partial charge in [0.15, 0.2) is 0 Å². The van der Waals surface area contributed by atoms with Crippen LogP contribution in [0.2, 0.25) is 0 Å². The van der Waals surface area contributed by atoms with Crippen LogP contribution in [0.5, 0.6) is 0 Å². The van der Waals surface area contributed by atoms with E-state index in [0.29, 0.717) is 12.5 Å². The third-order valence-electron chi connectivity index (χ3n) is 3.68. The maximum atomic E-state index is 11.9. The smallest absolute Gasteiger partial charge is 0.410 e. The van der Waals surface area contributed by atoms with Gasteiger partial charge in [-0.1, -0.05) is 0 Å². The molecule has 1 amide bonds. The van der Waals surface area contributed by atoms with Crippen LogP contribution in [0.4, 0.5) is 4.79 Å². The number of aliphatic hydroxyl groups excluding tert-OH is 1. The SMILES string of the molecule is CC(C)(C)OC(=O)N1C[C@@H]2C[C@H]1C2C(O)CN. The number of amides is 1. The highest BCUT2D eigenvalue weighted by atomic mass is 16.6. The minimum Gasteiger partial charge on any atom is -0.444 e. The Labute approximate surface area is 102 Å². The lowest BCUT2D eigenvalue weighted by Gasteiger charge is -2.39. The van der Waals surface area contributed by atoms with Gasteiger partial charge in [0.1, 0.15) is 5.60 Å². The van der Waals surface area contributed by atoms with Crippen LogP contribution < -0.4 is 5.73 Å². The molecule has 2 heterocycles. The highest BCUT2D eigenvalue weighted by molar-refractivity contribution is 5.69. The number of rotatable bonds is 2. The lowest BCUT2D eigenvalue weighted by Crippen LogP contribution is -2.49. The molecule has 0 aromatic carbocycles. The fourth-order valence-electron chi connectivity index (χ4n) is 2.92. The monoisotopic (exact) mass is 242 g/mol. The molecule has 1 aliphatic carbocycles. The summed E-state index contributed by atoms with van der Waals surface area (Å²) < 4.78 is 5.35. The number of nitrogens with two attached hydrogens (primary N) is 1. The molecule has 5 heteroatoms. The van der Waals surface area contributed by atoms with Crippen LogP contribution in [0.1, 0.15) is 27.2 Å². The molecule has 2 saturated heterocycles. The fraction of sp³-hybridized carbons (Fsp3) is 0.917. The molecule has 3 fully saturated rings. The van der Waals surface area contributed by atoms with Crippen molar-refractivity contribution in [2.75, 3.05) is 13.1 Å². The Hall–Kier alpha value is -0.810. The zero-order valence-electron chi connectivity index (χ0n) is 10.7. The summed E-state index contributed by atoms with van der Waals surface area (Å²) in [4.78, 5) is 13.7. The molecule has 3 aliphatic rings. The average molecular weight is 242 g/mol. The third kappa shape index (κ3) is 2.26. The van der Waals surface area contributed by atoms with Gasteiger partial charge >= 0.3 is 6.09 Å². The summed E-state index contributed by atoms with van der Waals surface area (Å²) in [6.07, 6.45) is 0.212. The van der Waals surface area contributed by atoms with E-state index in [9.17, 15) is 9.90 Å². The second kappa shape index (κ2) is 4.14. The van der Waals surface area contributed by atoms with E-state index in [-0.39, 0.29) is 24.6 Å². The van der Waals surface area contributed by atoms with Crippen molar-refractivity contribution in [2.45, 2.75) is 44.9 Å². The summed E-state index contributed by atoms with van der Waals surface area (Å²) in [7, 11) is 0. The zero-order valence-corrected chi connectivity index (χ0v) is 10.7. The summed E-state index contributed by atoms with van der Waals surface area (Å²) in [5, 5.41) is 9.79. The van der Waals surface area contributed by atoms with E-state index in [1.54, 1.807) is 4.90 Å². The summed E-state index contributed by atoms with van der Waals surface area (Å²) in [5.74, 6) is 0.540. The molecule has 5 nitrogen and oxygen atoms in total. The highest BCUT2D eigenvalue weighted by Gasteiger charge is 2.56. The van der Waals surface area contributed by atoms with Crippen molar-refractivity contribution in [3.8, 4) is 0 Å². The molecule has 2 aliphatic heterocycles. The lowest BCUT2D eigenvalue weighted by atomic mass is 9.70. The van der Waals surface area contributed by atoms with Crippen molar-refractivity contribution in [3.05, 3.63) is 0 Å². The van der Waals surface area contributed by atoms with Crippen molar-refractivity contribution in [2.24, 2.45) is 17.6 Å². The number of carbonyl (C=O) groups excluding carboxylic acids is 1. The standard InChI is InChI=1S/C12H22N2O3/c1-12(2,3)17-11(16)14-6-7-4-8(14)10(7)9(15)5-13/h7-10,15H,4-6,13H2,1-3H3/t7-,8-,9?,10?/m0/s1. The third-order valence-corrected chi connectivity index (χ3v) is 3.68. The number of ether oxygens (including phenoxy) is 1. The average Bonchev–Trinajstić information content (AvgIpc) is 2.71. The topological polar surface area (TPSA) is 75.8 Å². The van der Waals surface area contributed by atoms with Crippen molar-refractivity contribution in [3.63, 3.8) is 0 Å². The first-order chi connectivity index (χ1) is 7.83. The van der Waals surface area contributed by atoms with Gasteiger partial charge in [0, 0.05) is 25.0 Å². The van der Waals surface area contributed by atoms with Crippen LogP contribution >= 0.6 is 0 Å². The van der Waals surface area contributed by atoms with Crippen molar-refractivity contribution in [1.82, 2.24) is 4.90 Å². The van der Waals surface area contributed by atoms with Gasteiger partial charge in [0.05, 0.1) is 6.10 Å². The van der Waals surface area contributed by atoms with Crippen LogP contribution in [-0.2, 0) is 4.74 Å². The Kier molecular flexibility index (Phi) is 3.08. The van der Waals surface area contributed by atoms with Crippen LogP contribution in [0.15, 0.2) is 0 Å². The van der Waals surface area contributed by atoms with E-state index in [1.165, 1.54) is 0 Å². The number of aliphatic hydroxyl groups is 1. The van der Waals surface area contributed by atoms with Gasteiger partial charge in [-0.05, 0) is 33.1 Å². The van der Waals surface area contributed by atoms with E-state index in [4.69, 9.17) is 10.5 Å². The number of carbonyl (C=O) groups is 1. The Morgan fingerprint density at radius 1 is 1.59 bits per heavy atom. The number of hydrogen-bond acceptors (Lipinski definition) is 4. The Morgan fingerprint density at radius 2 is 2.24 bits per heavy atom. The first-order valence-corrected chi connectivity index (χ1v) is 6.21. The Bertz CT molecular complexity index is 313. The normalized spacial score (nSPS) is 33.2. The molecule has 0 radical (unpaired) electrons. The minimum atomic E-state index is -0.494. The predicted octanol–water partition coefficient (Wildman–Crippen LogP) is 0.561. The van der Waals surface area contributed by atoms with E-state index >= 15 is 0 Å². The molecule has 2 unspecified atom stereocenters. The molecule has 3 N–H and O–H groups in total. The number of fused-ring (bicyclic) bond motifs is 1. The van der Waals surface area contributed by atoms with E-state index in [0.717, 1.165) is 6.42 Å². The number of nitrogens with zero attached hydrogens (tertiary/aromatic N) is 1. The molecule has 0 spiro atoms. The first-order valence-electron chi connectivity index (χ1n) is 6.21. The second-order valence-corrected chi connectivity index (χ2v) is 6.08. The van der Waals surface area contributed by atoms with Crippen molar-refractivity contribution < 1.29 is 14.6 Å². The van der Waals surface area contributed by atoms with Gasteiger partial charge in [0.25, 0.3) is 0 Å². The molecule has 17 heavy (non-hydrogen) atoms. The molecule has 4 atom stereocenters. The predicted molar refractivity (Wildman–Crippen MR) is 63.4 cm³/mol. The lowest BCUT2D eigenvalue weighted by molar-refractivity contribution is -0.00181. The maximum Gasteiger partial charge on any atom is 0.410 e. The van der Waals surface area contributed by atoms with Gasteiger partial charge in [-0.25, -0.2) is 4.79 Å². The first kappa shape index (κ1) is 12.6. The fourth-order valence-corrected chi connectivity index (χ4v) is 2.92. The molecular formula is C12H22N2O3. The van der Waals surface area contributed by atoms with Crippen LogP contribution in [0, 0.1) is 11.8 Å². The van der Waals surface area contributed by atoms with Crippen LogP contribution in [0.3, 0.4) is 0 Å². The number of hydrogen-bond donors (Lipinski definition) is 2. The van der Waals surface area contributed by atoms with Crippen molar-refractivity contribution >= 4 is 6.09 Å². The van der Waals surface area contributed by atoms with Crippen molar-refractivity contribution in [1.29, 1.82) is 0 Å². The summed E-state index contributed by atoms with van der Waals surface area (Å²) in [6, 6.07) is 0.119. The molecule has 2 bridgehead atoms.